The third kappa shape index (κ3) is 4.19. The van der Waals surface area contributed by atoms with E-state index >= 15 is 0 Å². The van der Waals surface area contributed by atoms with Crippen molar-refractivity contribution >= 4 is 17.6 Å². The molecule has 148 valence electrons. The van der Waals surface area contributed by atoms with Crippen LogP contribution in [-0.2, 0) is 9.53 Å². The van der Waals surface area contributed by atoms with Crippen LogP contribution in [0.25, 0.3) is 0 Å². The number of para-hydroxylation sites is 3. The molecule has 0 saturated carbocycles. The van der Waals surface area contributed by atoms with Gasteiger partial charge in [0.05, 0.1) is 12.8 Å². The van der Waals surface area contributed by atoms with Crippen LogP contribution in [0.2, 0.25) is 0 Å². The normalized spacial score (nSPS) is 13.9. The fourth-order valence-corrected chi connectivity index (χ4v) is 3.21. The van der Waals surface area contributed by atoms with Gasteiger partial charge < -0.3 is 24.4 Å². The Morgan fingerprint density at radius 2 is 1.75 bits per heavy atom. The van der Waals surface area contributed by atoms with E-state index in [1.807, 2.05) is 24.3 Å². The number of piperazine rings is 1. The second-order valence-electron chi connectivity index (χ2n) is 6.59. The topological polar surface area (TPSA) is 79.3 Å². The van der Waals surface area contributed by atoms with E-state index in [1.165, 1.54) is 6.07 Å². The number of ether oxygens (including phenoxy) is 2. The van der Waals surface area contributed by atoms with Crippen molar-refractivity contribution in [1.29, 1.82) is 0 Å². The largest absolute Gasteiger partial charge is 0.507 e. The highest BCUT2D eigenvalue weighted by atomic mass is 16.5. The molecule has 1 aliphatic rings. The van der Waals surface area contributed by atoms with E-state index in [0.717, 1.165) is 11.4 Å². The first-order chi connectivity index (χ1) is 13.5. The predicted octanol–water partition coefficient (Wildman–Crippen LogP) is 2.21. The number of hydrogen-bond donors (Lipinski definition) is 1. The van der Waals surface area contributed by atoms with Crippen molar-refractivity contribution in [3.8, 4) is 11.5 Å². The molecule has 1 fully saturated rings. The molecule has 28 heavy (non-hydrogen) atoms. The molecule has 0 atom stereocenters. The van der Waals surface area contributed by atoms with E-state index in [1.54, 1.807) is 31.1 Å². The fourth-order valence-electron chi connectivity index (χ4n) is 3.21. The molecule has 2 aromatic rings. The summed E-state index contributed by atoms with van der Waals surface area (Å²) in [4.78, 5) is 28.4. The number of aromatic hydroxyl groups is 1. The number of anilines is 1. The van der Waals surface area contributed by atoms with Gasteiger partial charge in [-0.3, -0.25) is 4.79 Å². The fraction of sp³-hybridized carbons (Fsp3) is 0.333. The first-order valence-electron chi connectivity index (χ1n) is 9.12. The Labute approximate surface area is 164 Å². The maximum atomic E-state index is 12.4. The minimum atomic E-state index is -0.706. The summed E-state index contributed by atoms with van der Waals surface area (Å²) < 4.78 is 10.5. The van der Waals surface area contributed by atoms with E-state index in [4.69, 9.17) is 9.47 Å². The molecule has 7 nitrogen and oxygen atoms in total. The first-order valence-corrected chi connectivity index (χ1v) is 9.12. The molecule has 0 unspecified atom stereocenters. The van der Waals surface area contributed by atoms with E-state index in [2.05, 4.69) is 4.90 Å². The lowest BCUT2D eigenvalue weighted by Crippen LogP contribution is -2.50. The molecule has 1 aliphatic heterocycles. The number of phenolic OH excluding ortho intramolecular Hbond substituents is 1. The molecule has 3 rings (SSSR count). The minimum Gasteiger partial charge on any atom is -0.507 e. The maximum Gasteiger partial charge on any atom is 0.342 e. The number of aryl methyl sites for hydroxylation is 1. The van der Waals surface area contributed by atoms with Crippen molar-refractivity contribution in [3.63, 3.8) is 0 Å². The van der Waals surface area contributed by atoms with Gasteiger partial charge in [0.25, 0.3) is 5.91 Å². The van der Waals surface area contributed by atoms with Crippen molar-refractivity contribution in [2.75, 3.05) is 44.8 Å². The molecule has 1 N–H and O–H groups in total. The molecule has 0 radical (unpaired) electrons. The molecule has 7 heteroatoms. The van der Waals surface area contributed by atoms with Crippen LogP contribution in [0.1, 0.15) is 15.9 Å². The highest BCUT2D eigenvalue weighted by Gasteiger charge is 2.24. The van der Waals surface area contributed by atoms with Crippen LogP contribution >= 0.6 is 0 Å². The van der Waals surface area contributed by atoms with Crippen LogP contribution in [0, 0.1) is 6.92 Å². The molecule has 0 spiro atoms. The minimum absolute atomic E-state index is 0.0637. The zero-order valence-corrected chi connectivity index (χ0v) is 16.1. The van der Waals surface area contributed by atoms with Crippen molar-refractivity contribution in [3.05, 3.63) is 53.6 Å². The van der Waals surface area contributed by atoms with Crippen LogP contribution in [0.3, 0.4) is 0 Å². The maximum absolute atomic E-state index is 12.4. The molecular weight excluding hydrogens is 360 g/mol. The van der Waals surface area contributed by atoms with Crippen LogP contribution in [0.15, 0.2) is 42.5 Å². The van der Waals surface area contributed by atoms with Crippen molar-refractivity contribution in [2.24, 2.45) is 0 Å². The van der Waals surface area contributed by atoms with Crippen molar-refractivity contribution in [2.45, 2.75) is 6.92 Å². The molecular formula is C21H24N2O5. The van der Waals surface area contributed by atoms with Gasteiger partial charge in [-0.1, -0.05) is 24.3 Å². The average molecular weight is 384 g/mol. The molecule has 1 saturated heterocycles. The number of carbonyl (C=O) groups is 2. The number of esters is 1. The molecule has 0 aliphatic carbocycles. The Balaban J connectivity index is 1.53. The van der Waals surface area contributed by atoms with Gasteiger partial charge >= 0.3 is 5.97 Å². The summed E-state index contributed by atoms with van der Waals surface area (Å²) in [6, 6.07) is 12.6. The van der Waals surface area contributed by atoms with Gasteiger partial charge in [0, 0.05) is 26.2 Å². The van der Waals surface area contributed by atoms with E-state index < -0.39 is 5.97 Å². The van der Waals surface area contributed by atoms with E-state index in [0.29, 0.717) is 31.7 Å². The highest BCUT2D eigenvalue weighted by Crippen LogP contribution is 2.28. The Bertz CT molecular complexity index is 860. The summed E-state index contributed by atoms with van der Waals surface area (Å²) in [5, 5.41) is 9.95. The summed E-state index contributed by atoms with van der Waals surface area (Å²) in [6.45, 7) is 3.74. The zero-order valence-electron chi connectivity index (χ0n) is 16.1. The smallest absolute Gasteiger partial charge is 0.342 e. The van der Waals surface area contributed by atoms with Gasteiger partial charge in [0.2, 0.25) is 0 Å². The second kappa shape index (κ2) is 8.65. The third-order valence-electron chi connectivity index (χ3n) is 4.84. The Kier molecular flexibility index (Phi) is 6.03. The third-order valence-corrected chi connectivity index (χ3v) is 4.84. The van der Waals surface area contributed by atoms with Gasteiger partial charge in [0.1, 0.15) is 17.1 Å². The zero-order chi connectivity index (χ0) is 20.1. The Hall–Kier alpha value is -3.22. The Morgan fingerprint density at radius 1 is 1.04 bits per heavy atom. The number of nitrogens with zero attached hydrogens (tertiary/aromatic N) is 2. The van der Waals surface area contributed by atoms with Gasteiger partial charge in [-0.05, 0) is 30.7 Å². The molecule has 0 aromatic heterocycles. The molecule has 1 amide bonds. The summed E-state index contributed by atoms with van der Waals surface area (Å²) in [5.74, 6) is -0.276. The summed E-state index contributed by atoms with van der Waals surface area (Å²) in [6.07, 6.45) is 0. The number of benzene rings is 2. The lowest BCUT2D eigenvalue weighted by Gasteiger charge is -2.36. The summed E-state index contributed by atoms with van der Waals surface area (Å²) in [7, 11) is 1.64. The number of amides is 1. The number of rotatable bonds is 5. The van der Waals surface area contributed by atoms with Crippen LogP contribution in [-0.4, -0.2) is 61.8 Å². The second-order valence-corrected chi connectivity index (χ2v) is 6.59. The van der Waals surface area contributed by atoms with Crippen LogP contribution in [0.5, 0.6) is 11.5 Å². The SMILES string of the molecule is COc1ccccc1N1CCN(C(=O)COC(=O)c2cccc(C)c2O)CC1. The molecule has 2 aromatic carbocycles. The lowest BCUT2D eigenvalue weighted by atomic mass is 10.1. The number of methoxy groups -OCH3 is 1. The standard InChI is InChI=1S/C21H24N2O5/c1-15-6-5-7-16(20(15)25)21(26)28-14-19(24)23-12-10-22(11-13-23)17-8-3-4-9-18(17)27-2/h3-9,25H,10-14H2,1-2H3. The van der Waals surface area contributed by atoms with Crippen molar-refractivity contribution in [1.82, 2.24) is 4.90 Å². The summed E-state index contributed by atoms with van der Waals surface area (Å²) in [5.41, 5.74) is 1.64. The number of carbonyl (C=O) groups excluding carboxylic acids is 2. The molecule has 1 heterocycles. The highest BCUT2D eigenvalue weighted by molar-refractivity contribution is 5.94. The summed E-state index contributed by atoms with van der Waals surface area (Å²) >= 11 is 0. The monoisotopic (exact) mass is 384 g/mol. The van der Waals surface area contributed by atoms with Gasteiger partial charge in [-0.15, -0.1) is 0 Å². The van der Waals surface area contributed by atoms with E-state index in [9.17, 15) is 14.7 Å². The average Bonchev–Trinajstić information content (AvgIpc) is 2.73. The lowest BCUT2D eigenvalue weighted by molar-refractivity contribution is -0.134. The predicted molar refractivity (Wildman–Crippen MR) is 105 cm³/mol. The first kappa shape index (κ1) is 19.5. The quantitative estimate of drug-likeness (QED) is 0.797. The van der Waals surface area contributed by atoms with Crippen molar-refractivity contribution < 1.29 is 24.2 Å². The van der Waals surface area contributed by atoms with Gasteiger partial charge in [-0.25, -0.2) is 4.79 Å². The molecule has 0 bridgehead atoms. The van der Waals surface area contributed by atoms with E-state index in [-0.39, 0.29) is 23.8 Å². The van der Waals surface area contributed by atoms with Crippen LogP contribution in [0.4, 0.5) is 5.69 Å². The van der Waals surface area contributed by atoms with Gasteiger partial charge in [0.15, 0.2) is 6.61 Å². The van der Waals surface area contributed by atoms with Crippen LogP contribution < -0.4 is 9.64 Å². The van der Waals surface area contributed by atoms with Gasteiger partial charge in [-0.2, -0.15) is 0 Å². The number of phenols is 1. The Morgan fingerprint density at radius 3 is 2.46 bits per heavy atom. The number of hydrogen-bond acceptors (Lipinski definition) is 6.